The Labute approximate surface area is 172 Å². The molecule has 4 rings (SSSR count). The number of para-hydroxylation sites is 1. The van der Waals surface area contributed by atoms with Crippen LogP contribution in [0.2, 0.25) is 0 Å². The first-order valence-corrected chi connectivity index (χ1v) is 10.2. The molecule has 0 saturated carbocycles. The molecular weight excluding hydrogens is 360 g/mol. The normalized spacial score (nSPS) is 14.6. The highest BCUT2D eigenvalue weighted by molar-refractivity contribution is 6.04. The fraction of sp³-hybridized carbons (Fsp3) is 0.292. The maximum atomic E-state index is 12.7. The van der Waals surface area contributed by atoms with Crippen molar-refractivity contribution in [1.82, 2.24) is 10.2 Å². The Morgan fingerprint density at radius 1 is 0.931 bits per heavy atom. The van der Waals surface area contributed by atoms with Gasteiger partial charge < -0.3 is 9.80 Å². The lowest BCUT2D eigenvalue weighted by atomic mass is 9.90. The van der Waals surface area contributed by atoms with E-state index in [1.807, 2.05) is 36.4 Å². The molecule has 3 aromatic rings. The number of aromatic nitrogens is 2. The lowest BCUT2D eigenvalue weighted by molar-refractivity contribution is 0.0987. The number of carbonyl (C=O) groups excluding carboxylic acids is 1. The second-order valence-electron chi connectivity index (χ2n) is 7.60. The third-order valence-corrected chi connectivity index (χ3v) is 5.62. The minimum atomic E-state index is -0.156. The van der Waals surface area contributed by atoms with Crippen molar-refractivity contribution in [2.24, 2.45) is 5.92 Å². The smallest absolute Gasteiger partial charge is 0.278 e. The van der Waals surface area contributed by atoms with Gasteiger partial charge >= 0.3 is 0 Å². The molecular formula is C24H26N4O. The largest absolute Gasteiger partial charge is 0.355 e. The molecule has 1 saturated heterocycles. The molecule has 0 radical (unpaired) electrons. The van der Waals surface area contributed by atoms with Gasteiger partial charge in [-0.15, -0.1) is 10.2 Å². The van der Waals surface area contributed by atoms with Gasteiger partial charge in [0, 0.05) is 25.8 Å². The van der Waals surface area contributed by atoms with E-state index in [0.717, 1.165) is 43.9 Å². The van der Waals surface area contributed by atoms with Crippen molar-refractivity contribution < 1.29 is 4.79 Å². The number of nitrogens with zero attached hydrogens (tertiary/aromatic N) is 4. The SMILES string of the molecule is CN(C(=O)c1ccc(N2CCC(Cc3ccccc3)CC2)nn1)c1ccccc1. The summed E-state index contributed by atoms with van der Waals surface area (Å²) in [5.74, 6) is 1.40. The highest BCUT2D eigenvalue weighted by Gasteiger charge is 2.21. The van der Waals surface area contributed by atoms with Gasteiger partial charge in [-0.05, 0) is 55.0 Å². The molecule has 1 fully saturated rings. The van der Waals surface area contributed by atoms with E-state index >= 15 is 0 Å². The molecule has 29 heavy (non-hydrogen) atoms. The Kier molecular flexibility index (Phi) is 5.84. The highest BCUT2D eigenvalue weighted by atomic mass is 16.2. The van der Waals surface area contributed by atoms with Gasteiger partial charge in [0.05, 0.1) is 0 Å². The van der Waals surface area contributed by atoms with Crippen molar-refractivity contribution >= 4 is 17.4 Å². The van der Waals surface area contributed by atoms with Crippen LogP contribution >= 0.6 is 0 Å². The molecule has 148 valence electrons. The number of hydrogen-bond donors (Lipinski definition) is 0. The quantitative estimate of drug-likeness (QED) is 0.659. The van der Waals surface area contributed by atoms with Crippen LogP contribution in [0.15, 0.2) is 72.8 Å². The van der Waals surface area contributed by atoms with E-state index < -0.39 is 0 Å². The van der Waals surface area contributed by atoms with E-state index in [0.29, 0.717) is 11.6 Å². The van der Waals surface area contributed by atoms with Crippen molar-refractivity contribution in [2.45, 2.75) is 19.3 Å². The van der Waals surface area contributed by atoms with Crippen molar-refractivity contribution in [3.8, 4) is 0 Å². The van der Waals surface area contributed by atoms with Crippen molar-refractivity contribution in [3.05, 3.63) is 84.1 Å². The summed E-state index contributed by atoms with van der Waals surface area (Å²) in [6.45, 7) is 1.95. The Hall–Kier alpha value is -3.21. The van der Waals surface area contributed by atoms with Crippen LogP contribution in [-0.2, 0) is 6.42 Å². The molecule has 1 aliphatic rings. The number of amides is 1. The van der Waals surface area contributed by atoms with Gasteiger partial charge in [-0.3, -0.25) is 4.79 Å². The predicted octanol–water partition coefficient (Wildman–Crippen LogP) is 4.21. The standard InChI is InChI=1S/C24H26N4O/c1-27(21-10-6-3-7-11-21)24(29)22-12-13-23(26-25-22)28-16-14-20(15-17-28)18-19-8-4-2-5-9-19/h2-13,20H,14-18H2,1H3. The summed E-state index contributed by atoms with van der Waals surface area (Å²) in [6.07, 6.45) is 3.43. The predicted molar refractivity (Wildman–Crippen MR) is 116 cm³/mol. The summed E-state index contributed by atoms with van der Waals surface area (Å²) in [5, 5.41) is 8.54. The number of carbonyl (C=O) groups is 1. The van der Waals surface area contributed by atoms with Gasteiger partial charge in [-0.1, -0.05) is 48.5 Å². The molecule has 1 aromatic heterocycles. The number of anilines is 2. The Balaban J connectivity index is 1.34. The van der Waals surface area contributed by atoms with Gasteiger partial charge in [-0.2, -0.15) is 0 Å². The van der Waals surface area contributed by atoms with E-state index in [-0.39, 0.29) is 5.91 Å². The molecule has 1 amide bonds. The third-order valence-electron chi connectivity index (χ3n) is 5.62. The van der Waals surface area contributed by atoms with Gasteiger partial charge in [0.15, 0.2) is 11.5 Å². The molecule has 2 heterocycles. The first kappa shape index (κ1) is 19.1. The molecule has 1 aliphatic heterocycles. The second-order valence-corrected chi connectivity index (χ2v) is 7.60. The van der Waals surface area contributed by atoms with Crippen molar-refractivity contribution in [3.63, 3.8) is 0 Å². The lowest BCUT2D eigenvalue weighted by Gasteiger charge is -2.32. The first-order valence-electron chi connectivity index (χ1n) is 10.2. The van der Waals surface area contributed by atoms with Crippen LogP contribution < -0.4 is 9.80 Å². The summed E-state index contributed by atoms with van der Waals surface area (Å²) >= 11 is 0. The fourth-order valence-corrected chi connectivity index (χ4v) is 3.86. The number of piperidine rings is 1. The van der Waals surface area contributed by atoms with Crippen molar-refractivity contribution in [1.29, 1.82) is 0 Å². The van der Waals surface area contributed by atoms with Crippen molar-refractivity contribution in [2.75, 3.05) is 29.9 Å². The number of rotatable bonds is 5. The number of hydrogen-bond acceptors (Lipinski definition) is 4. The van der Waals surface area contributed by atoms with Crippen LogP contribution in [0.25, 0.3) is 0 Å². The minimum Gasteiger partial charge on any atom is -0.355 e. The van der Waals surface area contributed by atoms with Crippen LogP contribution in [0.3, 0.4) is 0 Å². The number of benzene rings is 2. The molecule has 0 aliphatic carbocycles. The van der Waals surface area contributed by atoms with E-state index in [1.54, 1.807) is 18.0 Å². The molecule has 0 N–H and O–H groups in total. The Morgan fingerprint density at radius 2 is 1.59 bits per heavy atom. The zero-order chi connectivity index (χ0) is 20.1. The van der Waals surface area contributed by atoms with Crippen LogP contribution in [-0.4, -0.2) is 36.2 Å². The average molecular weight is 386 g/mol. The second kappa shape index (κ2) is 8.86. The molecule has 0 spiro atoms. The maximum Gasteiger partial charge on any atom is 0.278 e. The highest BCUT2D eigenvalue weighted by Crippen LogP contribution is 2.24. The summed E-state index contributed by atoms with van der Waals surface area (Å²) in [7, 11) is 1.75. The molecule has 0 atom stereocenters. The Bertz CT molecular complexity index is 920. The van der Waals surface area contributed by atoms with Crippen LogP contribution in [0.1, 0.15) is 28.9 Å². The van der Waals surface area contributed by atoms with Gasteiger partial charge in [0.1, 0.15) is 0 Å². The molecule has 0 unspecified atom stereocenters. The van der Waals surface area contributed by atoms with Crippen LogP contribution in [0, 0.1) is 5.92 Å². The zero-order valence-corrected chi connectivity index (χ0v) is 16.7. The molecule has 2 aromatic carbocycles. The van der Waals surface area contributed by atoms with Crippen LogP contribution in [0.4, 0.5) is 11.5 Å². The summed E-state index contributed by atoms with van der Waals surface area (Å²) in [5.41, 5.74) is 2.61. The molecule has 0 bridgehead atoms. The zero-order valence-electron chi connectivity index (χ0n) is 16.7. The van der Waals surface area contributed by atoms with Gasteiger partial charge in [0.25, 0.3) is 5.91 Å². The van der Waals surface area contributed by atoms with Crippen LogP contribution in [0.5, 0.6) is 0 Å². The molecule has 5 heteroatoms. The molecule has 5 nitrogen and oxygen atoms in total. The summed E-state index contributed by atoms with van der Waals surface area (Å²) in [4.78, 5) is 16.5. The minimum absolute atomic E-state index is 0.156. The van der Waals surface area contributed by atoms with E-state index in [9.17, 15) is 4.79 Å². The van der Waals surface area contributed by atoms with Gasteiger partial charge in [-0.25, -0.2) is 0 Å². The first-order chi connectivity index (χ1) is 14.2. The fourth-order valence-electron chi connectivity index (χ4n) is 3.86. The van der Waals surface area contributed by atoms with E-state index in [4.69, 9.17) is 0 Å². The maximum absolute atomic E-state index is 12.7. The lowest BCUT2D eigenvalue weighted by Crippen LogP contribution is -2.35. The topological polar surface area (TPSA) is 49.3 Å². The van der Waals surface area contributed by atoms with Gasteiger partial charge in [0.2, 0.25) is 0 Å². The van der Waals surface area contributed by atoms with E-state index in [2.05, 4.69) is 45.4 Å². The third kappa shape index (κ3) is 4.62. The monoisotopic (exact) mass is 386 g/mol. The Morgan fingerprint density at radius 3 is 2.21 bits per heavy atom. The summed E-state index contributed by atoms with van der Waals surface area (Å²) in [6, 6.07) is 24.0. The summed E-state index contributed by atoms with van der Waals surface area (Å²) < 4.78 is 0. The van der Waals surface area contributed by atoms with E-state index in [1.165, 1.54) is 5.56 Å². The average Bonchev–Trinajstić information content (AvgIpc) is 2.80.